The minimum Gasteiger partial charge on any atom is -0.396 e. The summed E-state index contributed by atoms with van der Waals surface area (Å²) in [6, 6.07) is 4.33. The van der Waals surface area contributed by atoms with Crippen molar-refractivity contribution < 1.29 is 9.90 Å². The van der Waals surface area contributed by atoms with Gasteiger partial charge in [-0.05, 0) is 37.3 Å². The Balaban J connectivity index is 2.03. The minimum atomic E-state index is -0.0287. The average Bonchev–Trinajstić information content (AvgIpc) is 3.06. The number of hydrogen-bond donors (Lipinski definition) is 2. The zero-order valence-corrected chi connectivity index (χ0v) is 11.1. The summed E-state index contributed by atoms with van der Waals surface area (Å²) < 4.78 is 2.06. The Morgan fingerprint density at radius 1 is 1.56 bits per heavy atom. The lowest BCUT2D eigenvalue weighted by atomic mass is 10.0. The van der Waals surface area contributed by atoms with Crippen LogP contribution in [0.25, 0.3) is 0 Å². The number of nitrogens with zero attached hydrogens (tertiary/aromatic N) is 1. The fourth-order valence-corrected chi connectivity index (χ4v) is 2.21. The van der Waals surface area contributed by atoms with E-state index in [-0.39, 0.29) is 18.6 Å². The molecule has 1 fully saturated rings. The molecule has 2 rings (SSSR count). The lowest BCUT2D eigenvalue weighted by Gasteiger charge is -2.22. The van der Waals surface area contributed by atoms with Crippen LogP contribution in [0.5, 0.6) is 0 Å². The van der Waals surface area contributed by atoms with E-state index in [1.165, 1.54) is 12.8 Å². The van der Waals surface area contributed by atoms with Crippen molar-refractivity contribution in [3.63, 3.8) is 0 Å². The highest BCUT2D eigenvalue weighted by Gasteiger charge is 2.27. The van der Waals surface area contributed by atoms with Crippen LogP contribution in [0.2, 0.25) is 0 Å². The van der Waals surface area contributed by atoms with Crippen LogP contribution in [0, 0.1) is 5.92 Å². The molecule has 1 aromatic rings. The van der Waals surface area contributed by atoms with Crippen molar-refractivity contribution in [2.75, 3.05) is 6.61 Å². The molecular weight excluding hydrogens is 228 g/mol. The van der Waals surface area contributed by atoms with Crippen LogP contribution in [0.4, 0.5) is 0 Å². The molecule has 4 heteroatoms. The highest BCUT2D eigenvalue weighted by Crippen LogP contribution is 2.36. The van der Waals surface area contributed by atoms with E-state index in [9.17, 15) is 4.79 Å². The highest BCUT2D eigenvalue weighted by atomic mass is 16.3. The SMILES string of the molecule is CC(C)C(CCO)NC(=O)c1cccn1C1CC1. The molecule has 0 spiro atoms. The van der Waals surface area contributed by atoms with Crippen LogP contribution < -0.4 is 5.32 Å². The van der Waals surface area contributed by atoms with Gasteiger partial charge in [-0.25, -0.2) is 0 Å². The molecule has 1 atom stereocenters. The van der Waals surface area contributed by atoms with Crippen LogP contribution in [-0.2, 0) is 0 Å². The number of rotatable bonds is 6. The van der Waals surface area contributed by atoms with Crippen LogP contribution in [0.15, 0.2) is 18.3 Å². The fourth-order valence-electron chi connectivity index (χ4n) is 2.21. The van der Waals surface area contributed by atoms with Crippen molar-refractivity contribution in [1.82, 2.24) is 9.88 Å². The van der Waals surface area contributed by atoms with Gasteiger partial charge in [0.2, 0.25) is 0 Å². The molecule has 1 saturated carbocycles. The van der Waals surface area contributed by atoms with Crippen molar-refractivity contribution in [3.05, 3.63) is 24.0 Å². The normalized spacial score (nSPS) is 16.9. The first-order valence-corrected chi connectivity index (χ1v) is 6.72. The van der Waals surface area contributed by atoms with Gasteiger partial charge >= 0.3 is 0 Å². The summed E-state index contributed by atoms with van der Waals surface area (Å²) in [4.78, 5) is 12.2. The van der Waals surface area contributed by atoms with Gasteiger partial charge in [0.05, 0.1) is 0 Å². The molecule has 1 unspecified atom stereocenters. The van der Waals surface area contributed by atoms with E-state index in [0.29, 0.717) is 18.4 Å². The Hall–Kier alpha value is -1.29. The summed E-state index contributed by atoms with van der Waals surface area (Å²) in [7, 11) is 0. The third-order valence-corrected chi connectivity index (χ3v) is 3.51. The number of amides is 1. The molecule has 1 aromatic heterocycles. The summed E-state index contributed by atoms with van der Waals surface area (Å²) in [6.07, 6.45) is 4.91. The van der Waals surface area contributed by atoms with Crippen molar-refractivity contribution in [3.8, 4) is 0 Å². The topological polar surface area (TPSA) is 54.3 Å². The first-order valence-electron chi connectivity index (χ1n) is 6.72. The molecule has 0 bridgehead atoms. The van der Waals surface area contributed by atoms with Gasteiger partial charge in [0.1, 0.15) is 5.69 Å². The van der Waals surface area contributed by atoms with Crippen molar-refractivity contribution in [2.24, 2.45) is 5.92 Å². The molecule has 1 amide bonds. The summed E-state index contributed by atoms with van der Waals surface area (Å²) in [5.74, 6) is 0.296. The maximum atomic E-state index is 12.2. The Kier molecular flexibility index (Phi) is 4.07. The molecule has 0 aliphatic heterocycles. The Morgan fingerprint density at radius 2 is 2.28 bits per heavy atom. The zero-order valence-electron chi connectivity index (χ0n) is 11.1. The van der Waals surface area contributed by atoms with Crippen molar-refractivity contribution in [1.29, 1.82) is 0 Å². The molecule has 100 valence electrons. The molecule has 18 heavy (non-hydrogen) atoms. The van der Waals surface area contributed by atoms with Gasteiger partial charge in [-0.3, -0.25) is 4.79 Å². The predicted molar refractivity (Wildman–Crippen MR) is 70.5 cm³/mol. The third-order valence-electron chi connectivity index (χ3n) is 3.51. The van der Waals surface area contributed by atoms with Gasteiger partial charge in [0.15, 0.2) is 0 Å². The average molecular weight is 250 g/mol. The number of carbonyl (C=O) groups is 1. The first kappa shape index (κ1) is 13.1. The quantitative estimate of drug-likeness (QED) is 0.811. The van der Waals surface area contributed by atoms with E-state index in [2.05, 4.69) is 23.7 Å². The van der Waals surface area contributed by atoms with Crippen LogP contribution >= 0.6 is 0 Å². The molecule has 4 nitrogen and oxygen atoms in total. The second-order valence-electron chi connectivity index (χ2n) is 5.37. The second kappa shape index (κ2) is 5.57. The molecule has 0 radical (unpaired) electrons. The second-order valence-corrected chi connectivity index (χ2v) is 5.37. The number of aromatic nitrogens is 1. The summed E-state index contributed by atoms with van der Waals surface area (Å²) in [5.41, 5.74) is 0.737. The van der Waals surface area contributed by atoms with Crippen molar-refractivity contribution in [2.45, 2.75) is 45.2 Å². The fraction of sp³-hybridized carbons (Fsp3) is 0.643. The smallest absolute Gasteiger partial charge is 0.268 e. The molecule has 1 aliphatic rings. The molecule has 2 N–H and O–H groups in total. The van der Waals surface area contributed by atoms with E-state index in [1.54, 1.807) is 0 Å². The standard InChI is InChI=1S/C14H22N2O2/c1-10(2)12(7-9-17)15-14(18)13-4-3-8-16(13)11-5-6-11/h3-4,8,10-12,17H,5-7,9H2,1-2H3,(H,15,18). The lowest BCUT2D eigenvalue weighted by molar-refractivity contribution is 0.0907. The van der Waals surface area contributed by atoms with Gasteiger partial charge in [0.25, 0.3) is 5.91 Å². The summed E-state index contributed by atoms with van der Waals surface area (Å²) >= 11 is 0. The number of nitrogens with one attached hydrogen (secondary N) is 1. The molecule has 0 saturated heterocycles. The Bertz CT molecular complexity index is 408. The molecule has 1 heterocycles. The number of hydrogen-bond acceptors (Lipinski definition) is 2. The van der Waals surface area contributed by atoms with Crippen molar-refractivity contribution >= 4 is 5.91 Å². The summed E-state index contributed by atoms with van der Waals surface area (Å²) in [6.45, 7) is 4.22. The van der Waals surface area contributed by atoms with Crippen LogP contribution in [0.3, 0.4) is 0 Å². The molecule has 1 aliphatic carbocycles. The molecule has 0 aromatic carbocycles. The maximum Gasteiger partial charge on any atom is 0.268 e. The van der Waals surface area contributed by atoms with Gasteiger partial charge in [-0.1, -0.05) is 13.8 Å². The Labute approximate surface area is 108 Å². The van der Waals surface area contributed by atoms with E-state index >= 15 is 0 Å². The predicted octanol–water partition coefficient (Wildman–Crippen LogP) is 1.96. The first-order chi connectivity index (χ1) is 8.63. The molecular formula is C14H22N2O2. The zero-order chi connectivity index (χ0) is 13.1. The van der Waals surface area contributed by atoms with Gasteiger partial charge < -0.3 is 15.0 Å². The van der Waals surface area contributed by atoms with Crippen LogP contribution in [-0.4, -0.2) is 28.2 Å². The Morgan fingerprint density at radius 3 is 2.83 bits per heavy atom. The number of carbonyl (C=O) groups excluding carboxylic acids is 1. The summed E-state index contributed by atoms with van der Waals surface area (Å²) in [5, 5.41) is 12.0. The van der Waals surface area contributed by atoms with E-state index in [4.69, 9.17) is 5.11 Å². The minimum absolute atomic E-state index is 0.0287. The van der Waals surface area contributed by atoms with E-state index < -0.39 is 0 Å². The van der Waals surface area contributed by atoms with Gasteiger partial charge in [0, 0.05) is 24.9 Å². The van der Waals surface area contributed by atoms with Gasteiger partial charge in [-0.15, -0.1) is 0 Å². The van der Waals surface area contributed by atoms with E-state index in [0.717, 1.165) is 5.69 Å². The number of aliphatic hydroxyl groups excluding tert-OH is 1. The number of aliphatic hydroxyl groups is 1. The lowest BCUT2D eigenvalue weighted by Crippen LogP contribution is -2.39. The third kappa shape index (κ3) is 2.93. The largest absolute Gasteiger partial charge is 0.396 e. The van der Waals surface area contributed by atoms with E-state index in [1.807, 2.05) is 18.3 Å². The monoisotopic (exact) mass is 250 g/mol. The van der Waals surface area contributed by atoms with Crippen LogP contribution in [0.1, 0.15) is 49.6 Å². The van der Waals surface area contributed by atoms with Gasteiger partial charge in [-0.2, -0.15) is 0 Å². The maximum absolute atomic E-state index is 12.2. The highest BCUT2D eigenvalue weighted by molar-refractivity contribution is 5.93.